The zero-order valence-corrected chi connectivity index (χ0v) is 32.9. The summed E-state index contributed by atoms with van der Waals surface area (Å²) in [5, 5.41) is 5.49. The van der Waals surface area contributed by atoms with Crippen LogP contribution in [0.1, 0.15) is 91.0 Å². The van der Waals surface area contributed by atoms with Gasteiger partial charge in [0.05, 0.1) is 0 Å². The summed E-state index contributed by atoms with van der Waals surface area (Å²) < 4.78 is 1.42. The first-order valence-corrected chi connectivity index (χ1v) is 17.0. The molecule has 1 aliphatic carbocycles. The van der Waals surface area contributed by atoms with Gasteiger partial charge in [-0.1, -0.05) is 103 Å². The molecule has 46 heavy (non-hydrogen) atoms. The van der Waals surface area contributed by atoms with Crippen LogP contribution in [0.15, 0.2) is 121 Å². The van der Waals surface area contributed by atoms with Gasteiger partial charge in [-0.05, 0) is 10.8 Å². The quantitative estimate of drug-likeness (QED) is 0.201. The van der Waals surface area contributed by atoms with Gasteiger partial charge in [0, 0.05) is 0 Å². The van der Waals surface area contributed by atoms with Gasteiger partial charge < -0.3 is 24.8 Å². The van der Waals surface area contributed by atoms with Crippen LogP contribution in [-0.4, -0.2) is 3.21 Å². The van der Waals surface area contributed by atoms with Crippen LogP contribution < -0.4 is 24.8 Å². The van der Waals surface area contributed by atoms with Gasteiger partial charge in [-0.15, -0.1) is 46.2 Å². The molecule has 0 heterocycles. The molecule has 0 amide bonds. The fourth-order valence-electron chi connectivity index (χ4n) is 5.23. The number of rotatable bonds is 2. The van der Waals surface area contributed by atoms with Crippen LogP contribution in [0.2, 0.25) is 0 Å². The zero-order chi connectivity index (χ0) is 32.1. The van der Waals surface area contributed by atoms with E-state index in [0.717, 1.165) is 6.42 Å². The number of hydrogen-bond donors (Lipinski definition) is 0. The Morgan fingerprint density at radius 3 is 1.30 bits per heavy atom. The van der Waals surface area contributed by atoms with Gasteiger partial charge >= 0.3 is 99.2 Å². The Labute approximate surface area is 305 Å². The van der Waals surface area contributed by atoms with Crippen molar-refractivity contribution in [3.63, 3.8) is 0 Å². The molecule has 0 unspecified atom stereocenters. The second-order valence-electron chi connectivity index (χ2n) is 14.8. The molecule has 0 N–H and O–H groups in total. The monoisotopic (exact) mass is 724 g/mol. The number of halogens is 2. The van der Waals surface area contributed by atoms with Crippen LogP contribution in [0.5, 0.6) is 0 Å². The summed E-state index contributed by atoms with van der Waals surface area (Å²) in [7, 11) is 0. The Morgan fingerprint density at radius 1 is 0.587 bits per heavy atom. The van der Waals surface area contributed by atoms with E-state index in [-0.39, 0.29) is 35.6 Å². The van der Waals surface area contributed by atoms with E-state index in [1.807, 2.05) is 0 Å². The predicted octanol–water partition coefficient (Wildman–Crippen LogP) is 5.84. The minimum atomic E-state index is 0. The molecule has 0 fully saturated rings. The predicted molar refractivity (Wildman–Crippen MR) is 191 cm³/mol. The van der Waals surface area contributed by atoms with E-state index in [9.17, 15) is 0 Å². The van der Waals surface area contributed by atoms with E-state index < -0.39 is 0 Å². The summed E-state index contributed by atoms with van der Waals surface area (Å²) in [4.78, 5) is 0. The molecule has 1 aliphatic rings. The Bertz CT molecular complexity index is 1660. The molecule has 0 saturated heterocycles. The molecule has 0 saturated carbocycles. The second-order valence-corrected chi connectivity index (χ2v) is 16.0. The fraction of sp³-hybridized carbons (Fsp3) is 0.302. The average molecular weight is 727 g/mol. The van der Waals surface area contributed by atoms with Crippen LogP contribution in [0, 0.1) is 11.5 Å². The van der Waals surface area contributed by atoms with Crippen molar-refractivity contribution in [3.05, 3.63) is 149 Å². The van der Waals surface area contributed by atoms with Crippen LogP contribution in [0.3, 0.4) is 0 Å². The Kier molecular flexibility index (Phi) is 14.3. The molecule has 0 aliphatic heterocycles. The van der Waals surface area contributed by atoms with E-state index in [0.29, 0.717) is 5.41 Å². The van der Waals surface area contributed by atoms with Crippen LogP contribution in [-0.2, 0) is 35.1 Å². The summed E-state index contributed by atoms with van der Waals surface area (Å²) >= 11 is 1.46. The fourth-order valence-corrected chi connectivity index (χ4v) is 6.05. The molecule has 0 atom stereocenters. The molecule has 5 aromatic rings. The topological polar surface area (TPSA) is 0 Å². The van der Waals surface area contributed by atoms with Gasteiger partial charge in [-0.25, -0.2) is 6.08 Å². The number of benzene rings is 4. The van der Waals surface area contributed by atoms with Gasteiger partial charge in [0.2, 0.25) is 0 Å². The van der Waals surface area contributed by atoms with Crippen molar-refractivity contribution in [3.8, 4) is 0 Å². The van der Waals surface area contributed by atoms with E-state index in [4.69, 9.17) is 0 Å². The molecule has 240 valence electrons. The van der Waals surface area contributed by atoms with Crippen molar-refractivity contribution in [1.82, 2.24) is 0 Å². The van der Waals surface area contributed by atoms with E-state index in [2.05, 4.69) is 184 Å². The molecular weight excluding hydrogens is 679 g/mol. The van der Waals surface area contributed by atoms with E-state index >= 15 is 0 Å². The minimum absolute atomic E-state index is 0. The third kappa shape index (κ3) is 10.5. The van der Waals surface area contributed by atoms with Gasteiger partial charge in [0.15, 0.2) is 0 Å². The van der Waals surface area contributed by atoms with Gasteiger partial charge in [-0.3, -0.25) is 6.08 Å². The molecule has 0 radical (unpaired) electrons. The molecule has 6 rings (SSSR count). The molecule has 5 aromatic carbocycles. The molecule has 0 nitrogen and oxygen atoms in total. The molecule has 0 spiro atoms. The van der Waals surface area contributed by atoms with Crippen LogP contribution in [0.25, 0.3) is 21.5 Å². The summed E-state index contributed by atoms with van der Waals surface area (Å²) in [6, 6.07) is 37.3. The van der Waals surface area contributed by atoms with Crippen LogP contribution in [0.4, 0.5) is 0 Å². The number of hydrogen-bond acceptors (Lipinski definition) is 0. The first-order valence-electron chi connectivity index (χ1n) is 15.8. The number of fused-ring (bicyclic) bond motifs is 3. The number of allylic oxidation sites excluding steroid dienone is 4. The normalized spacial score (nSPS) is 12.6. The molecule has 0 bridgehead atoms. The zero-order valence-electron chi connectivity index (χ0n) is 28.9. The van der Waals surface area contributed by atoms with E-state index in [1.54, 1.807) is 0 Å². The second kappa shape index (κ2) is 16.6. The van der Waals surface area contributed by atoms with Gasteiger partial charge in [-0.2, -0.15) is 11.6 Å². The van der Waals surface area contributed by atoms with E-state index in [1.165, 1.54) is 76.8 Å². The van der Waals surface area contributed by atoms with Crippen molar-refractivity contribution in [2.45, 2.75) is 79.6 Å². The summed E-state index contributed by atoms with van der Waals surface area (Å²) in [6.45, 7) is 20.3. The van der Waals surface area contributed by atoms with Gasteiger partial charge in [0.25, 0.3) is 0 Å². The van der Waals surface area contributed by atoms with Crippen LogP contribution >= 0.6 is 0 Å². The van der Waals surface area contributed by atoms with Crippen molar-refractivity contribution in [2.75, 3.05) is 0 Å². The maximum atomic E-state index is 3.16. The standard InChI is InChI=1S/C21H25.C13H10.C9H13.2ClH.Zr/c1-20(2,3)16-9-7-14-11-15-8-10-17(21(4,5)6)13-19(15)18(14)12-16;1-3-7-12(8-4-1)11-13-9-5-2-6-10-13;1-9(2,3)8-6-4-5-7-8;;;/h7-13H,1-6H3;1-10H;6-7H,4H2,1-3H3;2*1H;/q-1;;-1;;;+2/p-2. The molecule has 3 heteroatoms. The average Bonchev–Trinajstić information content (AvgIpc) is 3.66. The Balaban J connectivity index is 0.000000256. The van der Waals surface area contributed by atoms with Gasteiger partial charge in [0.1, 0.15) is 0 Å². The van der Waals surface area contributed by atoms with Crippen molar-refractivity contribution >= 4 is 24.8 Å². The summed E-state index contributed by atoms with van der Waals surface area (Å²) in [6.07, 6.45) is 8.50. The van der Waals surface area contributed by atoms with Crippen molar-refractivity contribution in [2.24, 2.45) is 5.41 Å². The Hall–Kier alpha value is -2.44. The van der Waals surface area contributed by atoms with Crippen molar-refractivity contribution in [1.29, 1.82) is 0 Å². The molecule has 0 aromatic heterocycles. The maximum absolute atomic E-state index is 3.16. The summed E-state index contributed by atoms with van der Waals surface area (Å²) in [5.74, 6) is 0. The van der Waals surface area contributed by atoms with Crippen molar-refractivity contribution < 1.29 is 49.0 Å². The summed E-state index contributed by atoms with van der Waals surface area (Å²) in [5.41, 5.74) is 7.60. The third-order valence-corrected chi connectivity index (χ3v) is 9.55. The first kappa shape index (κ1) is 39.7. The third-order valence-electron chi connectivity index (χ3n) is 8.13. The SMILES string of the molecule is CC(C)(C)C1=CC[C-]=C1.CC(C)(C)c1ccc2[cH-]c3ccc(C(C)(C)C)cc3c2c1.[Cl-].[Cl-].[Zr+2]=[C](c1ccccc1)c1ccccc1. The first-order chi connectivity index (χ1) is 20.6. The molecular formula is C43H48Cl2Zr-2. The Morgan fingerprint density at radius 2 is 1.00 bits per heavy atom.